The Morgan fingerprint density at radius 1 is 1.36 bits per heavy atom. The number of aliphatic hydroxyl groups is 1. The molecule has 9 nitrogen and oxygen atoms in total. The summed E-state index contributed by atoms with van der Waals surface area (Å²) in [4.78, 5) is 24.0. The number of carboxylic acid groups (broad SMARTS) is 1. The van der Waals surface area contributed by atoms with Gasteiger partial charge in [0.2, 0.25) is 5.88 Å². The van der Waals surface area contributed by atoms with Gasteiger partial charge in [0.25, 0.3) is 0 Å². The number of nitrogens with zero attached hydrogens (tertiary/aromatic N) is 4. The summed E-state index contributed by atoms with van der Waals surface area (Å²) in [6.07, 6.45) is 0.366. The highest BCUT2D eigenvalue weighted by atomic mass is 19.1. The Morgan fingerprint density at radius 2 is 2.09 bits per heavy atom. The van der Waals surface area contributed by atoms with E-state index >= 15 is 0 Å². The fourth-order valence-electron chi connectivity index (χ4n) is 4.69. The summed E-state index contributed by atoms with van der Waals surface area (Å²) in [6.45, 7) is 6.71. The second kappa shape index (κ2) is 10.1. The average Bonchev–Trinajstić information content (AvgIpc) is 2.77. The molecule has 182 valence electrons. The summed E-state index contributed by atoms with van der Waals surface area (Å²) >= 11 is 0. The van der Waals surface area contributed by atoms with Gasteiger partial charge in [-0.3, -0.25) is 14.8 Å². The number of pyridine rings is 2. The third-order valence-electron chi connectivity index (χ3n) is 6.17. The van der Waals surface area contributed by atoms with Crippen molar-refractivity contribution < 1.29 is 28.9 Å². The van der Waals surface area contributed by atoms with Crippen molar-refractivity contribution in [2.45, 2.75) is 50.8 Å². The highest BCUT2D eigenvalue weighted by molar-refractivity contribution is 5.79. The quantitative estimate of drug-likeness (QED) is 0.644. The Bertz CT molecular complexity index is 983. The first-order valence-electron chi connectivity index (χ1n) is 11.0. The van der Waals surface area contributed by atoms with Crippen LogP contribution in [0.4, 0.5) is 9.18 Å². The van der Waals surface area contributed by atoms with E-state index in [0.29, 0.717) is 48.5 Å². The zero-order valence-corrected chi connectivity index (χ0v) is 19.8. The minimum Gasteiger partial charge on any atom is -0.481 e. The van der Waals surface area contributed by atoms with Gasteiger partial charge in [0.1, 0.15) is 5.82 Å². The van der Waals surface area contributed by atoms with Crippen molar-refractivity contribution in [3.8, 4) is 5.88 Å². The van der Waals surface area contributed by atoms with Crippen molar-refractivity contribution in [2.24, 2.45) is 0 Å². The largest absolute Gasteiger partial charge is 0.481 e. The Hall–Kier alpha value is -2.56. The number of hydrogen-bond acceptors (Lipinski definition) is 7. The molecule has 0 aliphatic carbocycles. The van der Waals surface area contributed by atoms with Gasteiger partial charge in [-0.15, -0.1) is 0 Å². The van der Waals surface area contributed by atoms with Gasteiger partial charge in [-0.05, 0) is 33.3 Å². The molecule has 2 N–H and O–H groups in total. The number of aliphatic hydroxyl groups excluding tert-OH is 1. The Labute approximate surface area is 193 Å². The molecule has 1 fully saturated rings. The van der Waals surface area contributed by atoms with E-state index in [4.69, 9.17) is 9.47 Å². The fourth-order valence-corrected chi connectivity index (χ4v) is 4.69. The monoisotopic (exact) mass is 464 g/mol. The first kappa shape index (κ1) is 25.1. The topological polar surface area (TPSA) is 108 Å². The lowest BCUT2D eigenvalue weighted by Crippen LogP contribution is -2.61. The van der Waals surface area contributed by atoms with Crippen LogP contribution in [-0.4, -0.2) is 94.2 Å². The molecule has 0 saturated carbocycles. The SMILES string of the molecule is COc1ccc2ncc(F)c(C(CO)CN3CC[C@H](N(C(=O)O)C(C)(C)C)[C@H](OC)C3)c2n1. The van der Waals surface area contributed by atoms with Gasteiger partial charge in [0.15, 0.2) is 0 Å². The molecule has 2 aromatic rings. The van der Waals surface area contributed by atoms with Crippen LogP contribution in [0.25, 0.3) is 11.0 Å². The molecule has 1 aliphatic heterocycles. The number of carbonyl (C=O) groups is 1. The van der Waals surface area contributed by atoms with Gasteiger partial charge in [0, 0.05) is 49.8 Å². The summed E-state index contributed by atoms with van der Waals surface area (Å²) < 4.78 is 25.8. The van der Waals surface area contributed by atoms with E-state index < -0.39 is 23.4 Å². The van der Waals surface area contributed by atoms with Crippen LogP contribution in [0.3, 0.4) is 0 Å². The number of rotatable bonds is 7. The van der Waals surface area contributed by atoms with Gasteiger partial charge in [0.05, 0.1) is 43.1 Å². The van der Waals surface area contributed by atoms with Gasteiger partial charge in [-0.1, -0.05) is 0 Å². The van der Waals surface area contributed by atoms with E-state index in [-0.39, 0.29) is 18.8 Å². The Kier molecular flexibility index (Phi) is 7.71. The molecule has 0 spiro atoms. The maximum absolute atomic E-state index is 14.9. The normalized spacial score (nSPS) is 20.6. The molecule has 3 rings (SSSR count). The number of halogens is 1. The van der Waals surface area contributed by atoms with Crippen LogP contribution in [0.2, 0.25) is 0 Å². The number of piperidine rings is 1. The molecule has 0 radical (unpaired) electrons. The van der Waals surface area contributed by atoms with Crippen LogP contribution in [0.1, 0.15) is 38.7 Å². The van der Waals surface area contributed by atoms with E-state index in [1.807, 2.05) is 20.8 Å². The molecule has 3 atom stereocenters. The molecule has 1 aliphatic rings. The van der Waals surface area contributed by atoms with Crippen LogP contribution in [0.5, 0.6) is 5.88 Å². The smallest absolute Gasteiger partial charge is 0.408 e. The van der Waals surface area contributed by atoms with Crippen molar-refractivity contribution in [1.82, 2.24) is 19.8 Å². The molecule has 0 aromatic carbocycles. The summed E-state index contributed by atoms with van der Waals surface area (Å²) in [7, 11) is 3.05. The molecule has 10 heteroatoms. The lowest BCUT2D eigenvalue weighted by molar-refractivity contribution is -0.0556. The van der Waals surface area contributed by atoms with E-state index in [1.54, 1.807) is 19.2 Å². The van der Waals surface area contributed by atoms with Crippen molar-refractivity contribution in [3.05, 3.63) is 29.7 Å². The predicted molar refractivity (Wildman–Crippen MR) is 121 cm³/mol. The van der Waals surface area contributed by atoms with E-state index in [0.717, 1.165) is 6.20 Å². The first-order chi connectivity index (χ1) is 15.6. The first-order valence-corrected chi connectivity index (χ1v) is 11.0. The molecule has 1 amide bonds. The number of hydrogen-bond donors (Lipinski definition) is 2. The predicted octanol–water partition coefficient (Wildman–Crippen LogP) is 2.72. The fraction of sp³-hybridized carbons (Fsp3) is 0.609. The number of amides is 1. The van der Waals surface area contributed by atoms with Gasteiger partial charge in [-0.25, -0.2) is 14.2 Å². The standard InChI is InChI=1S/C23H33FN4O5/c1-23(2,3)28(22(30)31)17-8-9-27(12-18(17)32-4)11-14(13-29)20-15(24)10-25-16-6-7-19(33-5)26-21(16)20/h6-7,10,14,17-18,29H,8-9,11-13H2,1-5H3,(H,30,31)/t14?,17-,18+/m0/s1. The van der Waals surface area contributed by atoms with Crippen molar-refractivity contribution in [1.29, 1.82) is 0 Å². The zero-order valence-electron chi connectivity index (χ0n) is 19.8. The molecular formula is C23H33FN4O5. The third-order valence-corrected chi connectivity index (χ3v) is 6.17. The van der Waals surface area contributed by atoms with E-state index in [2.05, 4.69) is 14.9 Å². The van der Waals surface area contributed by atoms with Crippen molar-refractivity contribution >= 4 is 17.1 Å². The lowest BCUT2D eigenvalue weighted by Gasteiger charge is -2.47. The summed E-state index contributed by atoms with van der Waals surface area (Å²) in [5.74, 6) is -0.753. The Morgan fingerprint density at radius 3 is 2.67 bits per heavy atom. The number of fused-ring (bicyclic) bond motifs is 1. The second-order valence-electron chi connectivity index (χ2n) is 9.33. The third kappa shape index (κ3) is 5.34. The molecule has 33 heavy (non-hydrogen) atoms. The summed E-state index contributed by atoms with van der Waals surface area (Å²) in [5.41, 5.74) is 0.587. The molecular weight excluding hydrogens is 431 g/mol. The summed E-state index contributed by atoms with van der Waals surface area (Å²) in [6, 6.07) is 3.06. The highest BCUT2D eigenvalue weighted by Gasteiger charge is 2.41. The molecule has 0 bridgehead atoms. The molecule has 1 saturated heterocycles. The maximum Gasteiger partial charge on any atom is 0.408 e. The molecule has 3 heterocycles. The van der Waals surface area contributed by atoms with E-state index in [9.17, 15) is 19.4 Å². The van der Waals surface area contributed by atoms with Gasteiger partial charge < -0.3 is 19.7 Å². The number of likely N-dealkylation sites (tertiary alicyclic amines) is 1. The second-order valence-corrected chi connectivity index (χ2v) is 9.33. The van der Waals surface area contributed by atoms with Crippen LogP contribution in [0, 0.1) is 5.82 Å². The highest BCUT2D eigenvalue weighted by Crippen LogP contribution is 2.31. The number of methoxy groups -OCH3 is 2. The van der Waals surface area contributed by atoms with Crippen LogP contribution in [-0.2, 0) is 4.74 Å². The average molecular weight is 465 g/mol. The van der Waals surface area contributed by atoms with Crippen LogP contribution >= 0.6 is 0 Å². The minimum atomic E-state index is -0.985. The zero-order chi connectivity index (χ0) is 24.3. The molecule has 1 unspecified atom stereocenters. The van der Waals surface area contributed by atoms with Crippen LogP contribution < -0.4 is 4.74 Å². The van der Waals surface area contributed by atoms with Crippen molar-refractivity contribution in [2.75, 3.05) is 40.5 Å². The maximum atomic E-state index is 14.9. The van der Waals surface area contributed by atoms with Gasteiger partial charge >= 0.3 is 6.09 Å². The number of ether oxygens (including phenoxy) is 2. The van der Waals surface area contributed by atoms with Crippen LogP contribution in [0.15, 0.2) is 18.3 Å². The lowest BCUT2D eigenvalue weighted by atomic mass is 9.92. The summed E-state index contributed by atoms with van der Waals surface area (Å²) in [5, 5.41) is 20.0. The van der Waals surface area contributed by atoms with Crippen molar-refractivity contribution in [3.63, 3.8) is 0 Å². The van der Waals surface area contributed by atoms with E-state index in [1.165, 1.54) is 12.0 Å². The van der Waals surface area contributed by atoms with Gasteiger partial charge in [-0.2, -0.15) is 0 Å². The molecule has 2 aromatic heterocycles. The number of aromatic nitrogens is 2. The minimum absolute atomic E-state index is 0.282. The Balaban J connectivity index is 1.85.